The number of ether oxygens (including phenoxy) is 1. The van der Waals surface area contributed by atoms with Crippen LogP contribution in [0.2, 0.25) is 0 Å². The molecule has 2 heterocycles. The molecule has 1 aromatic rings. The van der Waals surface area contributed by atoms with Crippen LogP contribution in [0.5, 0.6) is 0 Å². The average Bonchev–Trinajstić information content (AvgIpc) is 2.87. The maximum atomic E-state index is 12.6. The van der Waals surface area contributed by atoms with Gasteiger partial charge in [0.25, 0.3) is 10.2 Å². The van der Waals surface area contributed by atoms with Crippen molar-refractivity contribution < 1.29 is 13.2 Å². The highest BCUT2D eigenvalue weighted by Gasteiger charge is 2.45. The summed E-state index contributed by atoms with van der Waals surface area (Å²) in [5.41, 5.74) is 3.79. The van der Waals surface area contributed by atoms with Gasteiger partial charge in [-0.2, -0.15) is 17.0 Å². The number of aryl methyl sites for hydroxylation is 2. The summed E-state index contributed by atoms with van der Waals surface area (Å²) >= 11 is 0. The highest BCUT2D eigenvalue weighted by molar-refractivity contribution is 7.86. The zero-order valence-corrected chi connectivity index (χ0v) is 15.7. The van der Waals surface area contributed by atoms with Crippen molar-refractivity contribution in [3.63, 3.8) is 0 Å². The van der Waals surface area contributed by atoms with E-state index in [1.165, 1.54) is 21.0 Å². The minimum atomic E-state index is -3.40. The fourth-order valence-corrected chi connectivity index (χ4v) is 5.05. The van der Waals surface area contributed by atoms with E-state index in [-0.39, 0.29) is 12.1 Å². The molecular weight excluding hydrogens is 326 g/mol. The smallest absolute Gasteiger partial charge is 0.281 e. The van der Waals surface area contributed by atoms with E-state index in [0.717, 1.165) is 13.1 Å². The summed E-state index contributed by atoms with van der Waals surface area (Å²) in [7, 11) is -0.233. The third-order valence-corrected chi connectivity index (χ3v) is 6.74. The van der Waals surface area contributed by atoms with Crippen LogP contribution >= 0.6 is 0 Å². The lowest BCUT2D eigenvalue weighted by molar-refractivity contribution is -0.0176. The average molecular weight is 353 g/mol. The molecule has 0 radical (unpaired) electrons. The number of nitrogens with zero attached hydrogens (tertiary/aromatic N) is 3. The van der Waals surface area contributed by atoms with Crippen LogP contribution in [-0.4, -0.2) is 74.4 Å². The number of fused-ring (bicyclic) bond motifs is 1. The predicted octanol–water partition coefficient (Wildman–Crippen LogP) is 0.995. The molecule has 134 valence electrons. The molecule has 0 N–H and O–H groups in total. The van der Waals surface area contributed by atoms with Crippen LogP contribution in [0.1, 0.15) is 16.7 Å². The summed E-state index contributed by atoms with van der Waals surface area (Å²) in [5.74, 6) is 0. The van der Waals surface area contributed by atoms with Crippen LogP contribution in [0.4, 0.5) is 0 Å². The van der Waals surface area contributed by atoms with Gasteiger partial charge in [0, 0.05) is 40.3 Å². The molecule has 2 saturated heterocycles. The summed E-state index contributed by atoms with van der Waals surface area (Å²) in [6, 6.07) is 6.47. The van der Waals surface area contributed by atoms with E-state index in [2.05, 4.69) is 36.9 Å². The molecule has 2 fully saturated rings. The lowest BCUT2D eigenvalue weighted by atomic mass is 10.1. The maximum absolute atomic E-state index is 12.6. The van der Waals surface area contributed by atoms with Gasteiger partial charge in [-0.1, -0.05) is 29.3 Å². The normalized spacial score (nSPS) is 26.0. The second kappa shape index (κ2) is 6.72. The van der Waals surface area contributed by atoms with E-state index < -0.39 is 10.2 Å². The summed E-state index contributed by atoms with van der Waals surface area (Å²) < 4.78 is 33.9. The third kappa shape index (κ3) is 3.50. The second-order valence-electron chi connectivity index (χ2n) is 7.07. The van der Waals surface area contributed by atoms with E-state index in [0.29, 0.717) is 19.7 Å². The van der Waals surface area contributed by atoms with E-state index in [1.807, 2.05) is 0 Å². The Balaban J connectivity index is 1.75. The van der Waals surface area contributed by atoms with Gasteiger partial charge in [0.1, 0.15) is 0 Å². The second-order valence-corrected chi connectivity index (χ2v) is 9.16. The Bertz CT molecular complexity index is 685. The zero-order chi connectivity index (χ0) is 17.5. The van der Waals surface area contributed by atoms with Gasteiger partial charge < -0.3 is 4.74 Å². The van der Waals surface area contributed by atoms with E-state index in [1.54, 1.807) is 18.4 Å². The van der Waals surface area contributed by atoms with Crippen molar-refractivity contribution in [1.82, 2.24) is 13.5 Å². The molecule has 0 bridgehead atoms. The summed E-state index contributed by atoms with van der Waals surface area (Å²) in [6.07, 6.45) is -0.0422. The monoisotopic (exact) mass is 353 g/mol. The van der Waals surface area contributed by atoms with Gasteiger partial charge in [0.05, 0.1) is 18.8 Å². The Morgan fingerprint density at radius 3 is 2.46 bits per heavy atom. The predicted molar refractivity (Wildman–Crippen MR) is 94.0 cm³/mol. The zero-order valence-electron chi connectivity index (χ0n) is 14.9. The van der Waals surface area contributed by atoms with Crippen LogP contribution in [0.15, 0.2) is 18.2 Å². The highest BCUT2D eigenvalue weighted by atomic mass is 32.2. The van der Waals surface area contributed by atoms with Crippen molar-refractivity contribution in [2.75, 3.05) is 40.3 Å². The molecule has 2 atom stereocenters. The van der Waals surface area contributed by atoms with Gasteiger partial charge in [-0.3, -0.25) is 4.90 Å². The number of rotatable bonds is 4. The first-order chi connectivity index (χ1) is 11.3. The Morgan fingerprint density at radius 2 is 1.83 bits per heavy atom. The van der Waals surface area contributed by atoms with Crippen LogP contribution in [0, 0.1) is 13.8 Å². The quantitative estimate of drug-likeness (QED) is 0.810. The van der Waals surface area contributed by atoms with Crippen molar-refractivity contribution in [3.8, 4) is 0 Å². The summed E-state index contributed by atoms with van der Waals surface area (Å²) in [6.45, 7) is 7.42. The number of likely N-dealkylation sites (tertiary alicyclic amines) is 1. The number of morpholine rings is 1. The highest BCUT2D eigenvalue weighted by Crippen LogP contribution is 2.27. The van der Waals surface area contributed by atoms with Crippen LogP contribution in [0.25, 0.3) is 0 Å². The Kier molecular flexibility index (Phi) is 4.99. The largest absolute Gasteiger partial charge is 0.374 e. The van der Waals surface area contributed by atoms with Crippen molar-refractivity contribution in [2.24, 2.45) is 0 Å². The fraction of sp³-hybridized carbons (Fsp3) is 0.647. The Labute approximate surface area is 145 Å². The minimum Gasteiger partial charge on any atom is -0.374 e. The maximum Gasteiger partial charge on any atom is 0.281 e. The van der Waals surface area contributed by atoms with Gasteiger partial charge in [-0.15, -0.1) is 0 Å². The van der Waals surface area contributed by atoms with Crippen molar-refractivity contribution in [2.45, 2.75) is 32.5 Å². The van der Waals surface area contributed by atoms with Crippen LogP contribution in [0.3, 0.4) is 0 Å². The molecule has 0 unspecified atom stereocenters. The number of hydrogen-bond donors (Lipinski definition) is 0. The van der Waals surface area contributed by atoms with Gasteiger partial charge in [0.15, 0.2) is 0 Å². The molecule has 0 spiro atoms. The van der Waals surface area contributed by atoms with Gasteiger partial charge >= 0.3 is 0 Å². The molecule has 0 saturated carbocycles. The van der Waals surface area contributed by atoms with Crippen LogP contribution in [-0.2, 0) is 21.5 Å². The van der Waals surface area contributed by atoms with E-state index >= 15 is 0 Å². The van der Waals surface area contributed by atoms with Crippen molar-refractivity contribution >= 4 is 10.2 Å². The summed E-state index contributed by atoms with van der Waals surface area (Å²) in [4.78, 5) is 2.30. The lowest BCUT2D eigenvalue weighted by Crippen LogP contribution is -2.55. The first-order valence-electron chi connectivity index (χ1n) is 8.38. The molecule has 3 rings (SSSR count). The Morgan fingerprint density at radius 1 is 1.17 bits per heavy atom. The number of hydrogen-bond acceptors (Lipinski definition) is 4. The van der Waals surface area contributed by atoms with Gasteiger partial charge in [-0.05, 0) is 19.4 Å². The van der Waals surface area contributed by atoms with E-state index in [4.69, 9.17) is 4.74 Å². The standard InChI is InChI=1S/C17H27N3O3S/c1-13-7-14(2)9-15(8-13)10-19-11-16-17(12-19)23-6-5-20(16)24(21,22)18(3)4/h7-9,16-17H,5-6,10-12H2,1-4H3/t16-,17+/m0/s1. The molecule has 0 aliphatic carbocycles. The first-order valence-corrected chi connectivity index (χ1v) is 9.77. The third-order valence-electron chi connectivity index (χ3n) is 4.77. The van der Waals surface area contributed by atoms with Gasteiger partial charge in [0.2, 0.25) is 0 Å². The topological polar surface area (TPSA) is 53.1 Å². The molecule has 6 nitrogen and oxygen atoms in total. The SMILES string of the molecule is Cc1cc(C)cc(CN2C[C@H]3OCCN(S(=O)(=O)N(C)C)[C@H]3C2)c1. The van der Waals surface area contributed by atoms with E-state index in [9.17, 15) is 8.42 Å². The Hall–Kier alpha value is -0.990. The molecule has 2 aliphatic heterocycles. The minimum absolute atomic E-state index is 0.0422. The molecule has 0 amide bonds. The van der Waals surface area contributed by atoms with Gasteiger partial charge in [-0.25, -0.2) is 0 Å². The lowest BCUT2D eigenvalue weighted by Gasteiger charge is -2.37. The molecule has 1 aromatic carbocycles. The summed E-state index contributed by atoms with van der Waals surface area (Å²) in [5, 5.41) is 0. The van der Waals surface area contributed by atoms with Crippen LogP contribution < -0.4 is 0 Å². The molecule has 7 heteroatoms. The number of benzene rings is 1. The molecule has 2 aliphatic rings. The first kappa shape index (κ1) is 17.8. The van der Waals surface area contributed by atoms with Crippen molar-refractivity contribution in [3.05, 3.63) is 34.9 Å². The molecule has 24 heavy (non-hydrogen) atoms. The fourth-order valence-electron chi connectivity index (χ4n) is 3.78. The van der Waals surface area contributed by atoms with Crippen molar-refractivity contribution in [1.29, 1.82) is 0 Å². The molecule has 0 aromatic heterocycles. The molecular formula is C17H27N3O3S.